The van der Waals surface area contributed by atoms with Crippen molar-refractivity contribution in [2.75, 3.05) is 0 Å². The Balaban J connectivity index is 0.000000224. The van der Waals surface area contributed by atoms with E-state index in [1.807, 2.05) is 60.7 Å². The van der Waals surface area contributed by atoms with Crippen LogP contribution < -0.4 is 59.1 Å². The third-order valence-electron chi connectivity index (χ3n) is 9.86. The summed E-state index contributed by atoms with van der Waals surface area (Å²) in [5.74, 6) is 1.33. The Labute approximate surface area is 410 Å². The predicted molar refractivity (Wildman–Crippen MR) is 234 cm³/mol. The minimum absolute atomic E-state index is 0. The van der Waals surface area contributed by atoms with Gasteiger partial charge in [-0.15, -0.1) is 11.3 Å². The summed E-state index contributed by atoms with van der Waals surface area (Å²) >= 11 is 1.56. The number of nitrogens with zero attached hydrogens (tertiary/aromatic N) is 2. The predicted octanol–water partition coefficient (Wildman–Crippen LogP) is 6.27. The third-order valence-corrected chi connectivity index (χ3v) is 12.8. The van der Waals surface area contributed by atoms with Gasteiger partial charge in [0, 0.05) is 21.9 Å². The fourth-order valence-corrected chi connectivity index (χ4v) is 9.63. The van der Waals surface area contributed by atoms with E-state index < -0.39 is 20.2 Å². The molecule has 5 heterocycles. The van der Waals surface area contributed by atoms with Gasteiger partial charge in [-0.3, -0.25) is 9.11 Å². The molecule has 0 spiro atoms. The molecular weight excluding hydrogens is 883 g/mol. The van der Waals surface area contributed by atoms with Crippen molar-refractivity contribution >= 4 is 75.7 Å². The zero-order chi connectivity index (χ0) is 41.9. The van der Waals surface area contributed by atoms with Crippen molar-refractivity contribution in [2.24, 2.45) is 0 Å². The first kappa shape index (κ1) is 44.5. The van der Waals surface area contributed by atoms with Crippen molar-refractivity contribution in [1.82, 2.24) is 9.97 Å². The Hall–Kier alpha value is -5.14. The molecule has 0 aliphatic rings. The summed E-state index contributed by atoms with van der Waals surface area (Å²) in [5, 5.41) is 0.582. The molecule has 17 heteroatoms. The topological polar surface area (TPSA) is 187 Å². The van der Waals surface area contributed by atoms with E-state index >= 15 is 0 Å². The number of para-hydroxylation sites is 6. The number of thiophene rings is 1. The van der Waals surface area contributed by atoms with E-state index in [-0.39, 0.29) is 83.3 Å². The molecule has 5 aromatic heterocycles. The summed E-state index contributed by atoms with van der Waals surface area (Å²) in [5.41, 5.74) is 6.50. The largest absolute Gasteiger partial charge is 1.00 e. The van der Waals surface area contributed by atoms with E-state index in [1.165, 1.54) is 0 Å². The van der Waals surface area contributed by atoms with Gasteiger partial charge in [-0.25, -0.2) is 9.97 Å². The number of hydrogen-bond donors (Lipinski definition) is 2. The molecular formula is C46H30N2Na2O10S3. The first-order valence-corrected chi connectivity index (χ1v) is 22.2. The van der Waals surface area contributed by atoms with Crippen LogP contribution in [0, 0.1) is 0 Å². The van der Waals surface area contributed by atoms with E-state index in [9.17, 15) is 25.9 Å². The minimum Gasteiger partial charge on any atom is -1.00 e. The van der Waals surface area contributed by atoms with Gasteiger partial charge >= 0.3 is 59.1 Å². The SMILES string of the molecule is O=S(=O)(O)c1c(-c2ccc(-c3ccc(-c4oc5ccccc5c4S(=O)(=O)O)cc3)cc2)oc2ccccc12.[H-].[H-].[Na+].[Na+].c1ccc2oc(-c3ccc(-c4nc5ccccc5o4)s3)nc2c1. The van der Waals surface area contributed by atoms with Crippen LogP contribution in [0.15, 0.2) is 185 Å². The molecule has 0 fully saturated rings. The maximum Gasteiger partial charge on any atom is 1.00 e. The van der Waals surface area contributed by atoms with Gasteiger partial charge in [-0.05, 0) is 71.8 Å². The van der Waals surface area contributed by atoms with Crippen molar-refractivity contribution < 1.29 is 106 Å². The molecule has 63 heavy (non-hydrogen) atoms. The molecule has 304 valence electrons. The van der Waals surface area contributed by atoms with E-state index in [2.05, 4.69) is 9.97 Å². The standard InChI is InChI=1S/C28H18O8S2.C18H10N2O2S.2Na.2H/c29-37(30,31)27-21-5-1-3-7-23(21)35-25(27)19-13-9-17(10-14-19)18-11-15-20(16-12-18)26-28(38(32,33)34)22-6-2-4-8-24(22)36-26;1-3-7-13-11(5-1)19-17(21-13)15-9-10-16(23-15)18-20-12-6-2-4-8-14(12)22-18;;;;/h1-16H,(H,29,30,31)(H,32,33,34);1-10H;;;;/q;;2*+1;2*-1. The molecule has 0 atom stereocenters. The van der Waals surface area contributed by atoms with Crippen LogP contribution >= 0.6 is 11.3 Å². The average Bonchev–Trinajstić information content (AvgIpc) is 4.10. The molecule has 2 N–H and O–H groups in total. The summed E-state index contributed by atoms with van der Waals surface area (Å²) in [6.45, 7) is 0. The summed E-state index contributed by atoms with van der Waals surface area (Å²) in [7, 11) is -9.09. The maximum atomic E-state index is 12.1. The van der Waals surface area contributed by atoms with Crippen LogP contribution in [-0.4, -0.2) is 35.9 Å². The van der Waals surface area contributed by atoms with Crippen molar-refractivity contribution in [3.63, 3.8) is 0 Å². The number of benzene rings is 6. The molecule has 0 saturated carbocycles. The van der Waals surface area contributed by atoms with E-state index in [1.54, 1.807) is 108 Å². The molecule has 11 aromatic rings. The molecule has 0 amide bonds. The number of oxazole rings is 2. The van der Waals surface area contributed by atoms with Gasteiger partial charge in [0.25, 0.3) is 20.2 Å². The zero-order valence-electron chi connectivity index (χ0n) is 35.3. The smallest absolute Gasteiger partial charge is 1.00 e. The van der Waals surface area contributed by atoms with Gasteiger partial charge in [0.1, 0.15) is 32.0 Å². The first-order chi connectivity index (χ1) is 29.5. The van der Waals surface area contributed by atoms with E-state index in [4.69, 9.17) is 17.7 Å². The van der Waals surface area contributed by atoms with Gasteiger partial charge in [0.2, 0.25) is 11.8 Å². The molecule has 6 aromatic carbocycles. The van der Waals surface area contributed by atoms with Crippen LogP contribution in [0.25, 0.3) is 99.4 Å². The maximum absolute atomic E-state index is 12.1. The van der Waals surface area contributed by atoms with Crippen molar-refractivity contribution in [1.29, 1.82) is 0 Å². The Morgan fingerprint density at radius 3 is 1.11 bits per heavy atom. The number of hydrogen-bond acceptors (Lipinski definition) is 11. The molecule has 0 aliphatic heterocycles. The second-order valence-electron chi connectivity index (χ2n) is 13.8. The molecule has 0 unspecified atom stereocenters. The molecule has 0 bridgehead atoms. The van der Waals surface area contributed by atoms with Gasteiger partial charge in [0.15, 0.2) is 22.7 Å². The van der Waals surface area contributed by atoms with Crippen LogP contribution in [0.1, 0.15) is 2.85 Å². The summed E-state index contributed by atoms with van der Waals surface area (Å²) in [4.78, 5) is 10.4. The van der Waals surface area contributed by atoms with Crippen molar-refractivity contribution in [3.05, 3.63) is 158 Å². The zero-order valence-corrected chi connectivity index (χ0v) is 39.7. The number of fused-ring (bicyclic) bond motifs is 4. The molecule has 0 radical (unpaired) electrons. The second kappa shape index (κ2) is 17.8. The Morgan fingerprint density at radius 1 is 0.413 bits per heavy atom. The van der Waals surface area contributed by atoms with Crippen LogP contribution in [0.3, 0.4) is 0 Å². The van der Waals surface area contributed by atoms with E-state index in [0.29, 0.717) is 44.8 Å². The number of rotatable bonds is 7. The van der Waals surface area contributed by atoms with Gasteiger partial charge < -0.3 is 20.5 Å². The molecule has 0 saturated heterocycles. The fraction of sp³-hybridized carbons (Fsp3) is 0. The molecule has 12 nitrogen and oxygen atoms in total. The molecule has 0 aliphatic carbocycles. The average molecular weight is 913 g/mol. The normalized spacial score (nSPS) is 11.7. The Morgan fingerprint density at radius 2 is 0.746 bits per heavy atom. The van der Waals surface area contributed by atoms with Crippen molar-refractivity contribution in [2.45, 2.75) is 9.79 Å². The Kier molecular flexibility index (Phi) is 12.6. The van der Waals surface area contributed by atoms with Crippen LogP contribution in [0.4, 0.5) is 0 Å². The summed E-state index contributed by atoms with van der Waals surface area (Å²) in [6.07, 6.45) is 0. The second-order valence-corrected chi connectivity index (χ2v) is 17.6. The third kappa shape index (κ3) is 8.75. The van der Waals surface area contributed by atoms with Gasteiger partial charge in [0.05, 0.1) is 9.75 Å². The molecule has 11 rings (SSSR count). The van der Waals surface area contributed by atoms with E-state index in [0.717, 1.165) is 43.1 Å². The van der Waals surface area contributed by atoms with Crippen LogP contribution in [0.5, 0.6) is 0 Å². The minimum atomic E-state index is -4.55. The first-order valence-electron chi connectivity index (χ1n) is 18.5. The monoisotopic (exact) mass is 912 g/mol. The van der Waals surface area contributed by atoms with Crippen LogP contribution in [-0.2, 0) is 20.2 Å². The number of furan rings is 2. The van der Waals surface area contributed by atoms with Gasteiger partial charge in [-0.2, -0.15) is 16.8 Å². The quantitative estimate of drug-likeness (QED) is 0.135. The summed E-state index contributed by atoms with van der Waals surface area (Å²) in [6, 6.07) is 46.4. The Bertz CT molecular complexity index is 3370. The van der Waals surface area contributed by atoms with Crippen molar-refractivity contribution in [3.8, 4) is 55.3 Å². The summed E-state index contributed by atoms with van der Waals surface area (Å²) < 4.78 is 91.3. The number of aromatic nitrogens is 2. The fourth-order valence-electron chi connectivity index (χ4n) is 7.09. The van der Waals surface area contributed by atoms with Gasteiger partial charge in [-0.1, -0.05) is 97.1 Å². The van der Waals surface area contributed by atoms with Crippen LogP contribution in [0.2, 0.25) is 0 Å².